The predicted octanol–water partition coefficient (Wildman–Crippen LogP) is 3.84. The summed E-state index contributed by atoms with van der Waals surface area (Å²) in [7, 11) is 0. The molecule has 0 fully saturated rings. The number of rotatable bonds is 6. The fraction of sp³-hybridized carbons (Fsp3) is 0.105. The van der Waals surface area contributed by atoms with Crippen LogP contribution in [0.5, 0.6) is 0 Å². The minimum Gasteiger partial charge on any atom is -0.368 e. The van der Waals surface area contributed by atoms with Gasteiger partial charge in [-0.25, -0.2) is 4.98 Å². The first-order valence-corrected chi connectivity index (χ1v) is 9.53. The van der Waals surface area contributed by atoms with Crippen LogP contribution in [0.1, 0.15) is 18.0 Å². The van der Waals surface area contributed by atoms with Gasteiger partial charge in [-0.1, -0.05) is 60.3 Å². The number of aromatic nitrogens is 6. The lowest BCUT2D eigenvalue weighted by Gasteiger charge is -2.10. The monoisotopic (exact) mass is 390 g/mol. The van der Waals surface area contributed by atoms with Crippen molar-refractivity contribution in [2.45, 2.75) is 17.3 Å². The number of aromatic amines is 1. The van der Waals surface area contributed by atoms with Gasteiger partial charge < -0.3 is 11.1 Å². The molecule has 9 heteroatoms. The first-order chi connectivity index (χ1) is 13.7. The Morgan fingerprint density at radius 3 is 2.39 bits per heavy atom. The Kier molecular flexibility index (Phi) is 5.16. The molecule has 2 heterocycles. The fourth-order valence-electron chi connectivity index (χ4n) is 2.53. The van der Waals surface area contributed by atoms with E-state index in [0.29, 0.717) is 16.9 Å². The van der Waals surface area contributed by atoms with Crippen molar-refractivity contribution in [1.82, 2.24) is 30.1 Å². The van der Waals surface area contributed by atoms with Crippen LogP contribution in [0.25, 0.3) is 11.4 Å². The number of para-hydroxylation sites is 1. The number of anilines is 3. The Labute approximate surface area is 166 Å². The molecule has 140 valence electrons. The summed E-state index contributed by atoms with van der Waals surface area (Å²) in [6, 6.07) is 19.5. The predicted molar refractivity (Wildman–Crippen MR) is 110 cm³/mol. The normalized spacial score (nSPS) is 11.9. The number of H-pyrrole nitrogens is 1. The minimum absolute atomic E-state index is 0.110. The van der Waals surface area contributed by atoms with E-state index >= 15 is 0 Å². The third kappa shape index (κ3) is 4.26. The van der Waals surface area contributed by atoms with Crippen LogP contribution in [0.3, 0.4) is 0 Å². The average molecular weight is 390 g/mol. The maximum absolute atomic E-state index is 5.88. The fourth-order valence-corrected chi connectivity index (χ4v) is 3.30. The topological polar surface area (TPSA) is 118 Å². The van der Waals surface area contributed by atoms with Crippen LogP contribution < -0.4 is 11.1 Å². The van der Waals surface area contributed by atoms with Crippen molar-refractivity contribution in [2.24, 2.45) is 0 Å². The summed E-state index contributed by atoms with van der Waals surface area (Å²) in [6.45, 7) is 1.98. The third-order valence-corrected chi connectivity index (χ3v) is 4.82. The molecule has 0 amide bonds. The second-order valence-electron chi connectivity index (χ2n) is 5.96. The molecular weight excluding hydrogens is 372 g/mol. The lowest BCUT2D eigenvalue weighted by molar-refractivity contribution is 0.884. The van der Waals surface area contributed by atoms with Gasteiger partial charge in [-0.3, -0.25) is 5.10 Å². The van der Waals surface area contributed by atoms with Gasteiger partial charge in [-0.15, -0.1) is 5.10 Å². The maximum Gasteiger partial charge on any atom is 0.232 e. The quantitative estimate of drug-likeness (QED) is 0.425. The third-order valence-electron chi connectivity index (χ3n) is 3.86. The lowest BCUT2D eigenvalue weighted by Crippen LogP contribution is -2.08. The summed E-state index contributed by atoms with van der Waals surface area (Å²) in [6.07, 6.45) is 0. The smallest absolute Gasteiger partial charge is 0.232 e. The highest BCUT2D eigenvalue weighted by atomic mass is 32.2. The van der Waals surface area contributed by atoms with Gasteiger partial charge in [-0.05, 0) is 19.1 Å². The van der Waals surface area contributed by atoms with Gasteiger partial charge in [0.25, 0.3) is 0 Å². The molecule has 4 N–H and O–H groups in total. The van der Waals surface area contributed by atoms with Crippen LogP contribution >= 0.6 is 11.8 Å². The molecule has 4 aromatic rings. The number of nitrogen functional groups attached to an aromatic ring is 1. The molecular formula is C19H18N8S. The first kappa shape index (κ1) is 17.9. The zero-order valence-electron chi connectivity index (χ0n) is 15.1. The Hall–Kier alpha value is -3.46. The van der Waals surface area contributed by atoms with Gasteiger partial charge in [0.05, 0.1) is 5.25 Å². The molecule has 28 heavy (non-hydrogen) atoms. The van der Waals surface area contributed by atoms with Crippen LogP contribution in [-0.2, 0) is 0 Å². The zero-order valence-corrected chi connectivity index (χ0v) is 15.9. The number of nitrogens with one attached hydrogen (secondary N) is 2. The summed E-state index contributed by atoms with van der Waals surface area (Å²) >= 11 is 1.45. The number of nitrogens with two attached hydrogens (primary N) is 1. The van der Waals surface area contributed by atoms with Crippen molar-refractivity contribution in [1.29, 1.82) is 0 Å². The molecule has 0 saturated carbocycles. The van der Waals surface area contributed by atoms with Gasteiger partial charge in [-0.2, -0.15) is 15.0 Å². The summed E-state index contributed by atoms with van der Waals surface area (Å²) in [5.41, 5.74) is 7.73. The number of hydrogen-bond donors (Lipinski definition) is 3. The van der Waals surface area contributed by atoms with E-state index in [0.717, 1.165) is 17.1 Å². The molecule has 0 aliphatic rings. The molecule has 4 rings (SSSR count). The molecule has 0 bridgehead atoms. The van der Waals surface area contributed by atoms with E-state index in [4.69, 9.17) is 5.73 Å². The van der Waals surface area contributed by atoms with Crippen LogP contribution in [0, 0.1) is 0 Å². The van der Waals surface area contributed by atoms with E-state index in [2.05, 4.69) is 35.5 Å². The van der Waals surface area contributed by atoms with Crippen molar-refractivity contribution < 1.29 is 0 Å². The minimum atomic E-state index is -0.110. The Morgan fingerprint density at radius 2 is 1.64 bits per heavy atom. The Morgan fingerprint density at radius 1 is 0.929 bits per heavy atom. The van der Waals surface area contributed by atoms with Crippen LogP contribution in [-0.4, -0.2) is 30.1 Å². The van der Waals surface area contributed by atoms with Crippen molar-refractivity contribution in [3.05, 3.63) is 66.5 Å². The van der Waals surface area contributed by atoms with Gasteiger partial charge in [0, 0.05) is 11.3 Å². The van der Waals surface area contributed by atoms with E-state index < -0.39 is 0 Å². The standard InChI is InChI=1S/C19H18N8S/c1-12(28-19-24-16(26-27-19)13-8-4-2-5-9-13)15-22-17(20)25-18(23-15)21-14-10-6-3-7-11-14/h2-12H,1H3,(H,24,26,27)(H3,20,21,22,23,25). The highest BCUT2D eigenvalue weighted by Gasteiger charge is 2.17. The van der Waals surface area contributed by atoms with Gasteiger partial charge in [0.2, 0.25) is 17.1 Å². The molecule has 2 aromatic carbocycles. The van der Waals surface area contributed by atoms with E-state index in [1.54, 1.807) is 0 Å². The maximum atomic E-state index is 5.88. The van der Waals surface area contributed by atoms with E-state index in [-0.39, 0.29) is 11.2 Å². The molecule has 0 aliphatic carbocycles. The summed E-state index contributed by atoms with van der Waals surface area (Å²) in [5.74, 6) is 1.84. The number of hydrogen-bond acceptors (Lipinski definition) is 8. The van der Waals surface area contributed by atoms with Crippen LogP contribution in [0.4, 0.5) is 17.6 Å². The largest absolute Gasteiger partial charge is 0.368 e. The average Bonchev–Trinajstić information content (AvgIpc) is 3.17. The number of benzene rings is 2. The van der Waals surface area contributed by atoms with Gasteiger partial charge in [0.1, 0.15) is 5.82 Å². The Balaban J connectivity index is 1.50. The van der Waals surface area contributed by atoms with Gasteiger partial charge in [0.15, 0.2) is 5.82 Å². The molecule has 1 unspecified atom stereocenters. The molecule has 0 saturated heterocycles. The van der Waals surface area contributed by atoms with Crippen molar-refractivity contribution in [3.63, 3.8) is 0 Å². The highest BCUT2D eigenvalue weighted by Crippen LogP contribution is 2.32. The Bertz CT molecular complexity index is 1050. The zero-order chi connectivity index (χ0) is 19.3. The summed E-state index contributed by atoms with van der Waals surface area (Å²) in [4.78, 5) is 17.5. The van der Waals surface area contributed by atoms with Crippen molar-refractivity contribution in [2.75, 3.05) is 11.1 Å². The van der Waals surface area contributed by atoms with Gasteiger partial charge >= 0.3 is 0 Å². The number of nitrogens with zero attached hydrogens (tertiary/aromatic N) is 5. The van der Waals surface area contributed by atoms with Crippen LogP contribution in [0.15, 0.2) is 65.8 Å². The van der Waals surface area contributed by atoms with E-state index in [1.807, 2.05) is 67.6 Å². The van der Waals surface area contributed by atoms with Crippen LogP contribution in [0.2, 0.25) is 0 Å². The van der Waals surface area contributed by atoms with Crippen molar-refractivity contribution >= 4 is 29.3 Å². The lowest BCUT2D eigenvalue weighted by atomic mass is 10.2. The van der Waals surface area contributed by atoms with Crippen molar-refractivity contribution in [3.8, 4) is 11.4 Å². The highest BCUT2D eigenvalue weighted by molar-refractivity contribution is 7.99. The SMILES string of the molecule is CC(Sc1n[nH]c(-c2ccccc2)n1)c1nc(N)nc(Nc2ccccc2)n1. The summed E-state index contributed by atoms with van der Waals surface area (Å²) < 4.78 is 0. The second kappa shape index (κ2) is 8.05. The molecule has 0 aliphatic heterocycles. The number of thioether (sulfide) groups is 1. The molecule has 8 nitrogen and oxygen atoms in total. The second-order valence-corrected chi connectivity index (χ2v) is 7.27. The molecule has 1 atom stereocenters. The molecule has 0 radical (unpaired) electrons. The molecule has 0 spiro atoms. The first-order valence-electron chi connectivity index (χ1n) is 8.65. The molecule has 2 aromatic heterocycles. The summed E-state index contributed by atoms with van der Waals surface area (Å²) in [5, 5.41) is 10.9. The van der Waals surface area contributed by atoms with E-state index in [9.17, 15) is 0 Å². The van der Waals surface area contributed by atoms with E-state index in [1.165, 1.54) is 11.8 Å².